The summed E-state index contributed by atoms with van der Waals surface area (Å²) in [6.45, 7) is 3.94. The fourth-order valence-electron chi connectivity index (χ4n) is 2.51. The molecule has 0 atom stereocenters. The first kappa shape index (κ1) is 18.0. The number of aryl methyl sites for hydroxylation is 2. The summed E-state index contributed by atoms with van der Waals surface area (Å²) in [5.41, 5.74) is 3.56. The average molecular weight is 364 g/mol. The predicted molar refractivity (Wildman–Crippen MR) is 100.0 cm³/mol. The molecule has 0 saturated heterocycles. The molecule has 0 radical (unpaired) electrons. The molecule has 0 unspecified atom stereocenters. The van der Waals surface area contributed by atoms with E-state index in [2.05, 4.69) is 15.5 Å². The number of amides is 1. The third-order valence-electron chi connectivity index (χ3n) is 3.65. The number of non-ortho nitro benzene ring substituents is 1. The smallest absolute Gasteiger partial charge is 0.322 e. The number of rotatable bonds is 5. The Morgan fingerprint density at radius 3 is 2.41 bits per heavy atom. The number of nitrogens with one attached hydrogen (secondary N) is 1. The summed E-state index contributed by atoms with van der Waals surface area (Å²) in [5.74, 6) is -0.138. The van der Waals surface area contributed by atoms with Gasteiger partial charge in [-0.15, -0.1) is 5.10 Å². The highest BCUT2D eigenvalue weighted by Gasteiger charge is 2.11. The van der Waals surface area contributed by atoms with E-state index in [0.717, 1.165) is 16.7 Å². The zero-order valence-corrected chi connectivity index (χ0v) is 14.7. The van der Waals surface area contributed by atoms with E-state index in [9.17, 15) is 14.9 Å². The first-order valence-electron chi connectivity index (χ1n) is 8.06. The SMILES string of the molecule is Cc1cc(C)cc(-c2nnc(NC(=O)/C=C/c3ccc([N+](=O)[O-])cc3)o2)c1. The Labute approximate surface area is 154 Å². The molecule has 0 fully saturated rings. The predicted octanol–water partition coefficient (Wildman–Crippen LogP) is 3.91. The van der Waals surface area contributed by atoms with Gasteiger partial charge in [0.2, 0.25) is 5.89 Å². The number of hydrogen-bond acceptors (Lipinski definition) is 6. The molecule has 8 heteroatoms. The van der Waals surface area contributed by atoms with Crippen LogP contribution in [0.4, 0.5) is 11.7 Å². The van der Waals surface area contributed by atoms with Crippen LogP contribution in [-0.4, -0.2) is 21.0 Å². The number of carbonyl (C=O) groups excluding carboxylic acids is 1. The van der Waals surface area contributed by atoms with Crippen LogP contribution in [0, 0.1) is 24.0 Å². The number of benzene rings is 2. The number of nitrogens with zero attached hydrogens (tertiary/aromatic N) is 3. The Hall–Kier alpha value is -3.81. The van der Waals surface area contributed by atoms with Crippen LogP contribution in [0.25, 0.3) is 17.5 Å². The quantitative estimate of drug-likeness (QED) is 0.417. The van der Waals surface area contributed by atoms with Crippen molar-refractivity contribution in [3.8, 4) is 11.5 Å². The van der Waals surface area contributed by atoms with E-state index in [4.69, 9.17) is 4.42 Å². The van der Waals surface area contributed by atoms with Gasteiger partial charge in [0, 0.05) is 23.8 Å². The van der Waals surface area contributed by atoms with Gasteiger partial charge in [-0.05, 0) is 49.8 Å². The van der Waals surface area contributed by atoms with Crippen molar-refractivity contribution >= 4 is 23.7 Å². The lowest BCUT2D eigenvalue weighted by Crippen LogP contribution is -2.07. The minimum Gasteiger partial charge on any atom is -0.403 e. The molecular weight excluding hydrogens is 348 g/mol. The molecule has 3 rings (SSSR count). The highest BCUT2D eigenvalue weighted by atomic mass is 16.6. The van der Waals surface area contributed by atoms with Crippen LogP contribution in [0.5, 0.6) is 0 Å². The number of aromatic nitrogens is 2. The fraction of sp³-hybridized carbons (Fsp3) is 0.105. The lowest BCUT2D eigenvalue weighted by Gasteiger charge is -2.00. The summed E-state index contributed by atoms with van der Waals surface area (Å²) < 4.78 is 5.48. The van der Waals surface area contributed by atoms with Gasteiger partial charge in [0.1, 0.15) is 0 Å². The van der Waals surface area contributed by atoms with Crippen molar-refractivity contribution in [2.45, 2.75) is 13.8 Å². The maximum Gasteiger partial charge on any atom is 0.322 e. The third-order valence-corrected chi connectivity index (χ3v) is 3.65. The molecule has 27 heavy (non-hydrogen) atoms. The Balaban J connectivity index is 1.66. The van der Waals surface area contributed by atoms with Crippen molar-refractivity contribution in [3.05, 3.63) is 75.3 Å². The zero-order valence-electron chi connectivity index (χ0n) is 14.7. The molecular formula is C19H16N4O4. The summed E-state index contributed by atoms with van der Waals surface area (Å²) >= 11 is 0. The molecule has 0 spiro atoms. The van der Waals surface area contributed by atoms with Gasteiger partial charge in [-0.25, -0.2) is 0 Å². The molecule has 0 bridgehead atoms. The molecule has 0 saturated carbocycles. The van der Waals surface area contributed by atoms with E-state index in [1.165, 1.54) is 24.3 Å². The largest absolute Gasteiger partial charge is 0.403 e. The lowest BCUT2D eigenvalue weighted by molar-refractivity contribution is -0.384. The number of hydrogen-bond donors (Lipinski definition) is 1. The van der Waals surface area contributed by atoms with E-state index in [0.29, 0.717) is 11.5 Å². The van der Waals surface area contributed by atoms with Crippen molar-refractivity contribution in [1.82, 2.24) is 10.2 Å². The number of carbonyl (C=O) groups is 1. The first-order valence-corrected chi connectivity index (χ1v) is 8.06. The minimum absolute atomic E-state index is 0.0116. The van der Waals surface area contributed by atoms with Gasteiger partial charge in [-0.3, -0.25) is 20.2 Å². The standard InChI is InChI=1S/C19H16N4O4/c1-12-9-13(2)11-15(10-12)18-21-22-19(27-18)20-17(24)8-5-14-3-6-16(7-4-14)23(25)26/h3-11H,1-2H3,(H,20,22,24)/b8-5+. The minimum atomic E-state index is -0.483. The Morgan fingerprint density at radius 1 is 1.11 bits per heavy atom. The van der Waals surface area contributed by atoms with Crippen LogP contribution in [-0.2, 0) is 4.79 Å². The second-order valence-corrected chi connectivity index (χ2v) is 5.96. The van der Waals surface area contributed by atoms with Gasteiger partial charge < -0.3 is 4.42 Å². The van der Waals surface area contributed by atoms with E-state index >= 15 is 0 Å². The molecule has 3 aromatic rings. The van der Waals surface area contributed by atoms with Gasteiger partial charge in [-0.2, -0.15) is 0 Å². The molecule has 0 aliphatic carbocycles. The van der Waals surface area contributed by atoms with Crippen molar-refractivity contribution in [1.29, 1.82) is 0 Å². The first-order chi connectivity index (χ1) is 12.9. The molecule has 0 aliphatic heterocycles. The Morgan fingerprint density at radius 2 is 1.78 bits per heavy atom. The molecule has 0 aliphatic rings. The third kappa shape index (κ3) is 4.63. The summed E-state index contributed by atoms with van der Waals surface area (Å²) in [5, 5.41) is 20.9. The van der Waals surface area contributed by atoms with Crippen molar-refractivity contribution in [2.24, 2.45) is 0 Å². The van der Waals surface area contributed by atoms with E-state index in [1.54, 1.807) is 12.1 Å². The Kier molecular flexibility index (Phi) is 5.07. The van der Waals surface area contributed by atoms with Crippen molar-refractivity contribution in [2.75, 3.05) is 5.32 Å². The molecule has 2 aromatic carbocycles. The van der Waals surface area contributed by atoms with Crippen LogP contribution in [0.1, 0.15) is 16.7 Å². The van der Waals surface area contributed by atoms with Crippen molar-refractivity contribution in [3.63, 3.8) is 0 Å². The maximum atomic E-state index is 12.0. The summed E-state index contributed by atoms with van der Waals surface area (Å²) in [6, 6.07) is 11.7. The molecule has 1 N–H and O–H groups in total. The monoisotopic (exact) mass is 364 g/mol. The van der Waals surface area contributed by atoms with E-state index < -0.39 is 10.8 Å². The van der Waals surface area contributed by atoms with Crippen LogP contribution in [0.2, 0.25) is 0 Å². The summed E-state index contributed by atoms with van der Waals surface area (Å²) in [6.07, 6.45) is 2.81. The van der Waals surface area contributed by atoms with Crippen LogP contribution >= 0.6 is 0 Å². The zero-order chi connectivity index (χ0) is 19.4. The molecule has 1 heterocycles. The molecule has 136 valence electrons. The Bertz CT molecular complexity index is 1000. The summed E-state index contributed by atoms with van der Waals surface area (Å²) in [7, 11) is 0. The number of anilines is 1. The van der Waals surface area contributed by atoms with Gasteiger partial charge in [0.05, 0.1) is 4.92 Å². The fourth-order valence-corrected chi connectivity index (χ4v) is 2.51. The topological polar surface area (TPSA) is 111 Å². The van der Waals surface area contributed by atoms with Crippen LogP contribution in [0.15, 0.2) is 53.0 Å². The van der Waals surface area contributed by atoms with Crippen molar-refractivity contribution < 1.29 is 14.1 Å². The lowest BCUT2D eigenvalue weighted by atomic mass is 10.1. The normalized spacial score (nSPS) is 10.9. The second-order valence-electron chi connectivity index (χ2n) is 5.96. The highest BCUT2D eigenvalue weighted by molar-refractivity contribution is 6.00. The van der Waals surface area contributed by atoms with E-state index in [1.807, 2.05) is 32.0 Å². The van der Waals surface area contributed by atoms with Gasteiger partial charge >= 0.3 is 6.01 Å². The highest BCUT2D eigenvalue weighted by Crippen LogP contribution is 2.22. The maximum absolute atomic E-state index is 12.0. The average Bonchev–Trinajstić information content (AvgIpc) is 3.08. The van der Waals surface area contributed by atoms with Crippen LogP contribution < -0.4 is 5.32 Å². The second kappa shape index (κ2) is 7.61. The number of nitro groups is 1. The molecule has 1 amide bonds. The summed E-state index contributed by atoms with van der Waals surface area (Å²) in [4.78, 5) is 22.1. The molecule has 1 aromatic heterocycles. The van der Waals surface area contributed by atoms with Gasteiger partial charge in [0.25, 0.3) is 11.6 Å². The van der Waals surface area contributed by atoms with Crippen LogP contribution in [0.3, 0.4) is 0 Å². The van der Waals surface area contributed by atoms with Gasteiger partial charge in [-0.1, -0.05) is 22.3 Å². The van der Waals surface area contributed by atoms with Gasteiger partial charge in [0.15, 0.2) is 0 Å². The van der Waals surface area contributed by atoms with E-state index in [-0.39, 0.29) is 11.7 Å². The number of nitro benzene ring substituents is 1. The molecule has 8 nitrogen and oxygen atoms in total.